The van der Waals surface area contributed by atoms with Gasteiger partial charge in [-0.3, -0.25) is 4.72 Å². The quantitative estimate of drug-likeness (QED) is 0.646. The summed E-state index contributed by atoms with van der Waals surface area (Å²) in [5, 5.41) is 9.10. The van der Waals surface area contributed by atoms with Gasteiger partial charge in [-0.25, -0.2) is 4.72 Å². The van der Waals surface area contributed by atoms with Crippen LogP contribution in [0.15, 0.2) is 18.2 Å². The Kier molecular flexibility index (Phi) is 2.97. The van der Waals surface area contributed by atoms with E-state index < -0.39 is 10.2 Å². The fourth-order valence-electron chi connectivity index (χ4n) is 0.958. The van der Waals surface area contributed by atoms with Crippen LogP contribution in [-0.2, 0) is 10.2 Å². The van der Waals surface area contributed by atoms with Gasteiger partial charge in [0.1, 0.15) is 5.75 Å². The Morgan fingerprint density at radius 2 is 2.00 bits per heavy atom. The standard InChI is InChI=1S/C8H12N2O3S/c1-6-5-7(11)3-4-8(6)10-14(12,13)9-2/h3-5,9-11H,1-2H3. The second-order valence-corrected chi connectivity index (χ2v) is 4.43. The lowest BCUT2D eigenvalue weighted by Gasteiger charge is -2.09. The fraction of sp³-hybridized carbons (Fsp3) is 0.250. The van der Waals surface area contributed by atoms with E-state index in [9.17, 15) is 8.42 Å². The van der Waals surface area contributed by atoms with Crippen LogP contribution in [0.5, 0.6) is 5.75 Å². The molecule has 0 bridgehead atoms. The van der Waals surface area contributed by atoms with Crippen molar-refractivity contribution in [2.45, 2.75) is 6.92 Å². The van der Waals surface area contributed by atoms with Gasteiger partial charge in [-0.05, 0) is 30.7 Å². The van der Waals surface area contributed by atoms with Gasteiger partial charge in [0.25, 0.3) is 10.2 Å². The summed E-state index contributed by atoms with van der Waals surface area (Å²) in [5.74, 6) is 0.106. The number of phenols is 1. The number of phenolic OH excluding ortho intramolecular Hbond substituents is 1. The zero-order valence-electron chi connectivity index (χ0n) is 7.90. The number of benzene rings is 1. The maximum atomic E-state index is 11.1. The summed E-state index contributed by atoms with van der Waals surface area (Å²) < 4.78 is 26.7. The molecule has 3 N–H and O–H groups in total. The molecular weight excluding hydrogens is 204 g/mol. The number of aromatic hydroxyl groups is 1. The zero-order chi connectivity index (χ0) is 10.8. The average Bonchev–Trinajstić information content (AvgIpc) is 2.10. The minimum absolute atomic E-state index is 0.106. The monoisotopic (exact) mass is 216 g/mol. The van der Waals surface area contributed by atoms with Gasteiger partial charge >= 0.3 is 0 Å². The Balaban J connectivity index is 2.99. The Labute approximate surface area is 83.0 Å². The van der Waals surface area contributed by atoms with Crippen LogP contribution < -0.4 is 9.44 Å². The van der Waals surface area contributed by atoms with E-state index in [4.69, 9.17) is 5.11 Å². The molecule has 1 rings (SSSR count). The number of hydrogen-bond acceptors (Lipinski definition) is 3. The predicted octanol–water partition coefficient (Wildman–Crippen LogP) is 0.577. The summed E-state index contributed by atoms with van der Waals surface area (Å²) in [6.45, 7) is 1.70. The Bertz CT molecular complexity index is 428. The number of aryl methyl sites for hydroxylation is 1. The molecule has 78 valence electrons. The number of anilines is 1. The highest BCUT2D eigenvalue weighted by molar-refractivity contribution is 7.90. The molecule has 0 amide bonds. The molecule has 6 heteroatoms. The fourth-order valence-corrected chi connectivity index (χ4v) is 1.58. The van der Waals surface area contributed by atoms with E-state index in [1.807, 2.05) is 0 Å². The first kappa shape index (κ1) is 10.8. The van der Waals surface area contributed by atoms with Gasteiger partial charge in [0.05, 0.1) is 5.69 Å². The van der Waals surface area contributed by atoms with Crippen molar-refractivity contribution in [1.29, 1.82) is 0 Å². The van der Waals surface area contributed by atoms with Crippen LogP contribution in [0.1, 0.15) is 5.56 Å². The van der Waals surface area contributed by atoms with Crippen molar-refractivity contribution in [2.75, 3.05) is 11.8 Å². The van der Waals surface area contributed by atoms with E-state index >= 15 is 0 Å². The third-order valence-electron chi connectivity index (χ3n) is 1.72. The number of nitrogens with one attached hydrogen (secondary N) is 2. The third kappa shape index (κ3) is 2.61. The smallest absolute Gasteiger partial charge is 0.298 e. The number of rotatable bonds is 3. The van der Waals surface area contributed by atoms with Crippen molar-refractivity contribution in [2.24, 2.45) is 0 Å². The summed E-state index contributed by atoms with van der Waals surface area (Å²) in [5.41, 5.74) is 1.10. The highest BCUT2D eigenvalue weighted by atomic mass is 32.2. The van der Waals surface area contributed by atoms with Gasteiger partial charge in [-0.15, -0.1) is 0 Å². The maximum absolute atomic E-state index is 11.1. The zero-order valence-corrected chi connectivity index (χ0v) is 8.72. The molecule has 0 saturated carbocycles. The average molecular weight is 216 g/mol. The lowest BCUT2D eigenvalue weighted by atomic mass is 10.2. The molecule has 0 fully saturated rings. The highest BCUT2D eigenvalue weighted by Crippen LogP contribution is 2.20. The SMILES string of the molecule is CNS(=O)(=O)Nc1ccc(O)cc1C. The van der Waals surface area contributed by atoms with Crippen LogP contribution in [0.3, 0.4) is 0 Å². The molecule has 0 aromatic heterocycles. The van der Waals surface area contributed by atoms with Crippen molar-refractivity contribution < 1.29 is 13.5 Å². The molecule has 0 aliphatic carbocycles. The van der Waals surface area contributed by atoms with Crippen molar-refractivity contribution in [1.82, 2.24) is 4.72 Å². The molecule has 0 radical (unpaired) electrons. The van der Waals surface area contributed by atoms with E-state index in [0.29, 0.717) is 11.3 Å². The topological polar surface area (TPSA) is 78.4 Å². The van der Waals surface area contributed by atoms with E-state index in [-0.39, 0.29) is 5.75 Å². The first-order chi connectivity index (χ1) is 6.44. The summed E-state index contributed by atoms with van der Waals surface area (Å²) in [6.07, 6.45) is 0. The van der Waals surface area contributed by atoms with Crippen molar-refractivity contribution >= 4 is 15.9 Å². The Morgan fingerprint density at radius 1 is 1.36 bits per heavy atom. The molecule has 0 aliphatic heterocycles. The van der Waals surface area contributed by atoms with Crippen molar-refractivity contribution in [3.05, 3.63) is 23.8 Å². The van der Waals surface area contributed by atoms with E-state index in [1.165, 1.54) is 25.2 Å². The van der Waals surface area contributed by atoms with Gasteiger partial charge in [-0.1, -0.05) is 0 Å². The third-order valence-corrected chi connectivity index (χ3v) is 2.75. The van der Waals surface area contributed by atoms with Gasteiger partial charge in [0.15, 0.2) is 0 Å². The van der Waals surface area contributed by atoms with E-state index in [1.54, 1.807) is 6.92 Å². The molecular formula is C8H12N2O3S. The molecule has 0 heterocycles. The normalized spacial score (nSPS) is 11.3. The van der Waals surface area contributed by atoms with Crippen LogP contribution >= 0.6 is 0 Å². The first-order valence-electron chi connectivity index (χ1n) is 3.95. The molecule has 1 aromatic rings. The minimum atomic E-state index is -3.49. The second-order valence-electron chi connectivity index (χ2n) is 2.81. The van der Waals surface area contributed by atoms with E-state index in [2.05, 4.69) is 9.44 Å². The van der Waals surface area contributed by atoms with Gasteiger partial charge in [-0.2, -0.15) is 8.42 Å². The maximum Gasteiger partial charge on any atom is 0.298 e. The largest absolute Gasteiger partial charge is 0.508 e. The summed E-state index contributed by atoms with van der Waals surface area (Å²) >= 11 is 0. The molecule has 0 spiro atoms. The highest BCUT2D eigenvalue weighted by Gasteiger charge is 2.07. The van der Waals surface area contributed by atoms with Gasteiger partial charge < -0.3 is 5.11 Å². The van der Waals surface area contributed by atoms with Crippen molar-refractivity contribution in [3.63, 3.8) is 0 Å². The van der Waals surface area contributed by atoms with Gasteiger partial charge in [0.2, 0.25) is 0 Å². The minimum Gasteiger partial charge on any atom is -0.508 e. The molecule has 5 nitrogen and oxygen atoms in total. The van der Waals surface area contributed by atoms with Crippen LogP contribution in [0.4, 0.5) is 5.69 Å². The lowest BCUT2D eigenvalue weighted by Crippen LogP contribution is -2.26. The lowest BCUT2D eigenvalue weighted by molar-refractivity contribution is 0.475. The Hall–Kier alpha value is -1.27. The molecule has 0 saturated heterocycles. The van der Waals surface area contributed by atoms with Crippen LogP contribution in [0.25, 0.3) is 0 Å². The summed E-state index contributed by atoms with van der Waals surface area (Å²) in [4.78, 5) is 0. The number of hydrogen-bond donors (Lipinski definition) is 3. The Morgan fingerprint density at radius 3 is 2.50 bits per heavy atom. The first-order valence-corrected chi connectivity index (χ1v) is 5.44. The van der Waals surface area contributed by atoms with Crippen LogP contribution in [0.2, 0.25) is 0 Å². The molecule has 0 atom stereocenters. The molecule has 14 heavy (non-hydrogen) atoms. The van der Waals surface area contributed by atoms with Gasteiger partial charge in [0, 0.05) is 7.05 Å². The predicted molar refractivity (Wildman–Crippen MR) is 54.4 cm³/mol. The second kappa shape index (κ2) is 3.85. The van der Waals surface area contributed by atoms with Crippen LogP contribution in [0, 0.1) is 6.92 Å². The summed E-state index contributed by atoms with van der Waals surface area (Å²) in [7, 11) is -2.17. The molecule has 0 aliphatic rings. The van der Waals surface area contributed by atoms with Crippen LogP contribution in [-0.4, -0.2) is 20.6 Å². The molecule has 1 aromatic carbocycles. The van der Waals surface area contributed by atoms with Crippen molar-refractivity contribution in [3.8, 4) is 5.75 Å². The summed E-state index contributed by atoms with van der Waals surface area (Å²) in [6, 6.07) is 4.40. The molecule has 0 unspecified atom stereocenters. The van der Waals surface area contributed by atoms with E-state index in [0.717, 1.165) is 0 Å².